The molecule has 1 aliphatic heterocycles. The van der Waals surface area contributed by atoms with Gasteiger partial charge in [-0.1, -0.05) is 23.6 Å². The standard InChI is InChI=1S/C5H12O2P2S3/c1-8(10)6-4-3-5-7-9(2,11)12-8/h3-5H2,1-2H3. The van der Waals surface area contributed by atoms with Crippen LogP contribution in [0.2, 0.25) is 0 Å². The maximum absolute atomic E-state index is 5.58. The van der Waals surface area contributed by atoms with Gasteiger partial charge in [-0.3, -0.25) is 0 Å². The molecule has 7 heteroatoms. The zero-order valence-corrected chi connectivity index (χ0v) is 11.3. The minimum Gasteiger partial charge on any atom is -0.341 e. The molecular formula is C5H12O2P2S3. The highest BCUT2D eigenvalue weighted by atomic mass is 33.2. The summed E-state index contributed by atoms with van der Waals surface area (Å²) < 4.78 is 11.2. The van der Waals surface area contributed by atoms with Crippen LogP contribution in [0.25, 0.3) is 0 Å². The Morgan fingerprint density at radius 1 is 1.08 bits per heavy atom. The first-order chi connectivity index (χ1) is 5.41. The topological polar surface area (TPSA) is 18.5 Å². The second-order valence-electron chi connectivity index (χ2n) is 2.64. The molecule has 1 aliphatic rings. The van der Waals surface area contributed by atoms with Gasteiger partial charge in [0.1, 0.15) is 10.9 Å². The lowest BCUT2D eigenvalue weighted by molar-refractivity contribution is 0.281. The molecule has 2 nitrogen and oxygen atoms in total. The molecule has 1 rings (SSSR count). The van der Waals surface area contributed by atoms with Crippen LogP contribution in [0, 0.1) is 0 Å². The van der Waals surface area contributed by atoms with Crippen molar-refractivity contribution in [2.45, 2.75) is 6.42 Å². The van der Waals surface area contributed by atoms with E-state index < -0.39 is 10.9 Å². The summed E-state index contributed by atoms with van der Waals surface area (Å²) in [7, 11) is 0. The summed E-state index contributed by atoms with van der Waals surface area (Å²) >= 11 is 12.2. The Balaban J connectivity index is 2.71. The number of hydrogen-bond donors (Lipinski definition) is 0. The molecule has 2 atom stereocenters. The SMILES string of the molecule is CP1(=S)OCCCOP(C)(=S)S1. The summed E-state index contributed by atoms with van der Waals surface area (Å²) in [6, 6.07) is 0. The second-order valence-corrected chi connectivity index (χ2v) is 18.1. The summed E-state index contributed by atoms with van der Waals surface area (Å²) in [6.45, 7) is 5.39. The molecule has 0 aromatic heterocycles. The van der Waals surface area contributed by atoms with Crippen LogP contribution in [0.4, 0.5) is 0 Å². The molecule has 1 fully saturated rings. The number of rotatable bonds is 0. The molecular weight excluding hydrogens is 250 g/mol. The largest absolute Gasteiger partial charge is 0.341 e. The summed E-state index contributed by atoms with van der Waals surface area (Å²) in [6.07, 6.45) is 0.916. The average Bonchev–Trinajstić information content (AvgIpc) is 1.80. The van der Waals surface area contributed by atoms with Crippen LogP contribution in [-0.2, 0) is 32.7 Å². The van der Waals surface area contributed by atoms with Gasteiger partial charge in [0, 0.05) is 0 Å². The highest BCUT2D eigenvalue weighted by molar-refractivity contribution is 8.97. The smallest absolute Gasteiger partial charge is 0.123 e. The molecule has 12 heavy (non-hydrogen) atoms. The molecule has 2 unspecified atom stereocenters. The summed E-state index contributed by atoms with van der Waals surface area (Å²) in [5.41, 5.74) is -3.42. The second kappa shape index (κ2) is 4.39. The zero-order valence-electron chi connectivity index (χ0n) is 7.06. The fraction of sp³-hybridized carbons (Fsp3) is 1.00. The molecule has 1 heterocycles. The predicted molar refractivity (Wildman–Crippen MR) is 64.5 cm³/mol. The Kier molecular flexibility index (Phi) is 4.26. The van der Waals surface area contributed by atoms with Crippen molar-refractivity contribution in [2.24, 2.45) is 0 Å². The van der Waals surface area contributed by atoms with Gasteiger partial charge < -0.3 is 9.05 Å². The first-order valence-corrected chi connectivity index (χ1v) is 11.9. The molecule has 0 saturated carbocycles. The first kappa shape index (κ1) is 11.6. The van der Waals surface area contributed by atoms with Crippen molar-refractivity contribution in [1.29, 1.82) is 0 Å². The molecule has 0 aromatic carbocycles. The summed E-state index contributed by atoms with van der Waals surface area (Å²) in [5, 5.41) is 0. The minimum absolute atomic E-state index is 0.718. The predicted octanol–water partition coefficient (Wildman–Crippen LogP) is 3.04. The van der Waals surface area contributed by atoms with E-state index >= 15 is 0 Å². The molecule has 0 N–H and O–H groups in total. The Bertz CT molecular complexity index is 231. The molecule has 72 valence electrons. The van der Waals surface area contributed by atoms with Crippen molar-refractivity contribution in [3.05, 3.63) is 0 Å². The van der Waals surface area contributed by atoms with Crippen LogP contribution in [0.15, 0.2) is 0 Å². The fourth-order valence-electron chi connectivity index (χ4n) is 0.836. The molecule has 0 radical (unpaired) electrons. The quantitative estimate of drug-likeness (QED) is 0.623. The van der Waals surface area contributed by atoms with E-state index in [9.17, 15) is 0 Å². The highest BCUT2D eigenvalue weighted by Gasteiger charge is 2.24. The van der Waals surface area contributed by atoms with E-state index in [0.29, 0.717) is 0 Å². The van der Waals surface area contributed by atoms with Crippen LogP contribution in [0.5, 0.6) is 0 Å². The summed E-state index contributed by atoms with van der Waals surface area (Å²) in [5.74, 6) is 0. The van der Waals surface area contributed by atoms with Gasteiger partial charge in [0.2, 0.25) is 0 Å². The molecule has 0 spiro atoms. The normalized spacial score (nSPS) is 44.8. The molecule has 0 amide bonds. The van der Waals surface area contributed by atoms with Crippen molar-refractivity contribution < 1.29 is 9.05 Å². The Morgan fingerprint density at radius 2 is 1.50 bits per heavy atom. The molecule has 0 aliphatic carbocycles. The van der Waals surface area contributed by atoms with Crippen LogP contribution in [-0.4, -0.2) is 26.5 Å². The van der Waals surface area contributed by atoms with E-state index in [2.05, 4.69) is 0 Å². The lowest BCUT2D eigenvalue weighted by atomic mass is 10.5. The lowest BCUT2D eigenvalue weighted by Crippen LogP contribution is -2.00. The van der Waals surface area contributed by atoms with Gasteiger partial charge >= 0.3 is 0 Å². The van der Waals surface area contributed by atoms with Crippen molar-refractivity contribution >= 4 is 45.5 Å². The Morgan fingerprint density at radius 3 is 1.92 bits per heavy atom. The third-order valence-corrected chi connectivity index (χ3v) is 15.1. The van der Waals surface area contributed by atoms with Crippen LogP contribution in [0.1, 0.15) is 6.42 Å². The van der Waals surface area contributed by atoms with Gasteiger partial charge in [0.25, 0.3) is 0 Å². The Labute approximate surface area is 87.5 Å². The van der Waals surface area contributed by atoms with E-state index in [1.807, 2.05) is 13.3 Å². The maximum Gasteiger partial charge on any atom is 0.123 e. The van der Waals surface area contributed by atoms with Gasteiger partial charge in [0.05, 0.1) is 13.2 Å². The van der Waals surface area contributed by atoms with Crippen LogP contribution < -0.4 is 0 Å². The molecule has 0 bridgehead atoms. The van der Waals surface area contributed by atoms with Crippen molar-refractivity contribution in [1.82, 2.24) is 0 Å². The monoisotopic (exact) mass is 262 g/mol. The zero-order chi connectivity index (χ0) is 9.24. The van der Waals surface area contributed by atoms with Gasteiger partial charge in [-0.05, 0) is 30.8 Å². The van der Waals surface area contributed by atoms with Gasteiger partial charge in [-0.25, -0.2) is 0 Å². The fourth-order valence-corrected chi connectivity index (χ4v) is 18.9. The van der Waals surface area contributed by atoms with E-state index in [4.69, 9.17) is 32.7 Å². The maximum atomic E-state index is 5.58. The van der Waals surface area contributed by atoms with Gasteiger partial charge in [-0.2, -0.15) is 0 Å². The Hall–Kier alpha value is 1.57. The van der Waals surface area contributed by atoms with E-state index in [0.717, 1.165) is 19.6 Å². The summed E-state index contributed by atoms with van der Waals surface area (Å²) in [4.78, 5) is 0. The number of hydrogen-bond acceptors (Lipinski definition) is 5. The van der Waals surface area contributed by atoms with Crippen molar-refractivity contribution in [2.75, 3.05) is 26.5 Å². The highest BCUT2D eigenvalue weighted by Crippen LogP contribution is 2.76. The van der Waals surface area contributed by atoms with Gasteiger partial charge in [-0.15, -0.1) is 0 Å². The van der Waals surface area contributed by atoms with Crippen LogP contribution >= 0.6 is 21.9 Å². The molecule has 1 saturated heterocycles. The average molecular weight is 262 g/mol. The van der Waals surface area contributed by atoms with Crippen LogP contribution in [0.3, 0.4) is 0 Å². The van der Waals surface area contributed by atoms with E-state index in [1.54, 1.807) is 11.0 Å². The molecule has 0 aromatic rings. The van der Waals surface area contributed by atoms with E-state index in [-0.39, 0.29) is 0 Å². The van der Waals surface area contributed by atoms with E-state index in [1.165, 1.54) is 0 Å². The third-order valence-electron chi connectivity index (χ3n) is 1.24. The van der Waals surface area contributed by atoms with Crippen molar-refractivity contribution in [3.63, 3.8) is 0 Å². The van der Waals surface area contributed by atoms with Crippen molar-refractivity contribution in [3.8, 4) is 0 Å². The third kappa shape index (κ3) is 4.19. The first-order valence-electron chi connectivity index (χ1n) is 3.57. The minimum atomic E-state index is -1.71. The van der Waals surface area contributed by atoms with Gasteiger partial charge in [0.15, 0.2) is 0 Å². The lowest BCUT2D eigenvalue weighted by Gasteiger charge is -2.26.